The summed E-state index contributed by atoms with van der Waals surface area (Å²) in [6.45, 7) is 0.313. The molecule has 0 aromatic heterocycles. The van der Waals surface area contributed by atoms with Crippen LogP contribution in [0.15, 0.2) is 21.5 Å². The number of hydrogen-bond donors (Lipinski definition) is 1. The molecule has 1 rings (SSSR count). The van der Waals surface area contributed by atoms with Crippen LogP contribution in [-0.2, 0) is 19.9 Å². The summed E-state index contributed by atoms with van der Waals surface area (Å²) >= 11 is 8.96. The van der Waals surface area contributed by atoms with Crippen molar-refractivity contribution in [1.82, 2.24) is 5.32 Å². The molecule has 5 nitrogen and oxygen atoms in total. The van der Waals surface area contributed by atoms with Gasteiger partial charge < -0.3 is 5.32 Å². The third-order valence-corrected chi connectivity index (χ3v) is 5.88. The Labute approximate surface area is 143 Å². The number of nitrogens with one attached hydrogen (secondary N) is 1. The van der Waals surface area contributed by atoms with E-state index in [0.29, 0.717) is 18.7 Å². The fourth-order valence-corrected chi connectivity index (χ4v) is 4.59. The average Bonchev–Trinajstić information content (AvgIpc) is 2.32. The smallest absolute Gasteiger partial charge is 0.262 e. The summed E-state index contributed by atoms with van der Waals surface area (Å²) in [4.78, 5) is 11.7. The van der Waals surface area contributed by atoms with Crippen LogP contribution in [0.4, 0.5) is 0 Å². The zero-order valence-corrected chi connectivity index (χ0v) is 15.6. The minimum Gasteiger partial charge on any atom is -0.352 e. The molecule has 0 aliphatic heterocycles. The summed E-state index contributed by atoms with van der Waals surface area (Å²) < 4.78 is 33.9. The zero-order chi connectivity index (χ0) is 16.2. The van der Waals surface area contributed by atoms with E-state index in [9.17, 15) is 17.4 Å². The maximum absolute atomic E-state index is 12.0. The van der Waals surface area contributed by atoms with Crippen molar-refractivity contribution in [2.45, 2.75) is 11.3 Å². The van der Waals surface area contributed by atoms with Gasteiger partial charge in [-0.3, -0.25) is 9.00 Å². The van der Waals surface area contributed by atoms with E-state index in [1.807, 2.05) is 0 Å². The summed E-state index contributed by atoms with van der Waals surface area (Å²) in [5.41, 5.74) is 0.0108. The van der Waals surface area contributed by atoms with Crippen LogP contribution in [0.3, 0.4) is 0 Å². The van der Waals surface area contributed by atoms with Gasteiger partial charge in [0.1, 0.15) is 0 Å². The van der Waals surface area contributed by atoms with Crippen molar-refractivity contribution >= 4 is 64.0 Å². The van der Waals surface area contributed by atoms with Crippen LogP contribution >= 0.6 is 38.2 Å². The van der Waals surface area contributed by atoms with Gasteiger partial charge in [-0.05, 0) is 34.5 Å². The van der Waals surface area contributed by atoms with Gasteiger partial charge in [-0.15, -0.1) is 0 Å². The zero-order valence-electron chi connectivity index (χ0n) is 10.9. The van der Waals surface area contributed by atoms with Gasteiger partial charge in [0.25, 0.3) is 15.0 Å². The SMILES string of the molecule is CS(=O)CCCNC(=O)c1cc(S(=O)(=O)Cl)c(Br)cc1Cl. The number of rotatable bonds is 6. The molecule has 10 heteroatoms. The molecule has 0 aliphatic carbocycles. The standard InChI is InChI=1S/C11H12BrCl2NO4S2/c1-20(17)4-2-3-15-11(16)7-5-10(21(14,18)19)8(12)6-9(7)13/h5-6H,2-4H2,1H3,(H,15,16). The molecule has 1 atom stereocenters. The molecule has 21 heavy (non-hydrogen) atoms. The first-order valence-electron chi connectivity index (χ1n) is 5.65. The van der Waals surface area contributed by atoms with Crippen LogP contribution in [-0.4, -0.2) is 37.1 Å². The minimum atomic E-state index is -4.00. The topological polar surface area (TPSA) is 80.3 Å². The van der Waals surface area contributed by atoms with Crippen molar-refractivity contribution in [3.63, 3.8) is 0 Å². The minimum absolute atomic E-state index is 0.0108. The molecule has 1 N–H and O–H groups in total. The molecule has 0 fully saturated rings. The van der Waals surface area contributed by atoms with E-state index < -0.39 is 25.8 Å². The Hall–Kier alpha value is -0.150. The summed E-state index contributed by atoms with van der Waals surface area (Å²) in [6.07, 6.45) is 2.12. The van der Waals surface area contributed by atoms with Gasteiger partial charge in [-0.2, -0.15) is 0 Å². The van der Waals surface area contributed by atoms with E-state index in [1.165, 1.54) is 6.07 Å². The molecule has 118 valence electrons. The fourth-order valence-electron chi connectivity index (χ4n) is 1.46. The van der Waals surface area contributed by atoms with Gasteiger partial charge in [-0.25, -0.2) is 8.42 Å². The average molecular weight is 437 g/mol. The highest BCUT2D eigenvalue weighted by Gasteiger charge is 2.20. The van der Waals surface area contributed by atoms with Gasteiger partial charge in [0.15, 0.2) is 0 Å². The lowest BCUT2D eigenvalue weighted by molar-refractivity contribution is 0.0953. The van der Waals surface area contributed by atoms with E-state index in [-0.39, 0.29) is 20.0 Å². The van der Waals surface area contributed by atoms with Gasteiger partial charge in [0, 0.05) is 44.5 Å². The number of carbonyl (C=O) groups excluding carboxylic acids is 1. The Balaban J connectivity index is 2.92. The molecule has 0 saturated carbocycles. The van der Waals surface area contributed by atoms with Crippen molar-refractivity contribution in [1.29, 1.82) is 0 Å². The van der Waals surface area contributed by atoms with Crippen molar-refractivity contribution in [2.24, 2.45) is 0 Å². The van der Waals surface area contributed by atoms with E-state index in [4.69, 9.17) is 22.3 Å². The molecular weight excluding hydrogens is 425 g/mol. The highest BCUT2D eigenvalue weighted by Crippen LogP contribution is 2.30. The summed E-state index contributed by atoms with van der Waals surface area (Å²) in [5.74, 6) is -0.0497. The number of halogens is 3. The van der Waals surface area contributed by atoms with E-state index >= 15 is 0 Å². The molecule has 0 heterocycles. The number of benzene rings is 1. The molecule has 1 unspecified atom stereocenters. The van der Waals surface area contributed by atoms with Gasteiger partial charge in [0.2, 0.25) is 0 Å². The molecule has 0 radical (unpaired) electrons. The molecule has 0 aliphatic rings. The lowest BCUT2D eigenvalue weighted by Crippen LogP contribution is -2.26. The van der Waals surface area contributed by atoms with Crippen LogP contribution in [0, 0.1) is 0 Å². The third kappa shape index (κ3) is 5.86. The maximum atomic E-state index is 12.0. The van der Waals surface area contributed by atoms with Crippen LogP contribution in [0.2, 0.25) is 5.02 Å². The highest BCUT2D eigenvalue weighted by molar-refractivity contribution is 9.10. The first-order chi connectivity index (χ1) is 9.62. The quantitative estimate of drug-likeness (QED) is 0.548. The van der Waals surface area contributed by atoms with Crippen molar-refractivity contribution in [2.75, 3.05) is 18.6 Å². The second-order valence-electron chi connectivity index (χ2n) is 4.09. The summed E-state index contributed by atoms with van der Waals surface area (Å²) in [7, 11) is 0.364. The monoisotopic (exact) mass is 435 g/mol. The van der Waals surface area contributed by atoms with Gasteiger partial charge >= 0.3 is 0 Å². The molecule has 1 aromatic carbocycles. The summed E-state index contributed by atoms with van der Waals surface area (Å²) in [6, 6.07) is 2.41. The van der Waals surface area contributed by atoms with Crippen LogP contribution in [0.5, 0.6) is 0 Å². The van der Waals surface area contributed by atoms with Crippen molar-refractivity contribution < 1.29 is 17.4 Å². The van der Waals surface area contributed by atoms with E-state index in [1.54, 1.807) is 6.26 Å². The van der Waals surface area contributed by atoms with Crippen LogP contribution < -0.4 is 5.32 Å². The Kier molecular flexibility index (Phi) is 7.12. The van der Waals surface area contributed by atoms with Crippen LogP contribution in [0.1, 0.15) is 16.8 Å². The molecule has 0 bridgehead atoms. The number of carbonyl (C=O) groups is 1. The Morgan fingerprint density at radius 3 is 2.57 bits per heavy atom. The maximum Gasteiger partial charge on any atom is 0.262 e. The number of amides is 1. The molecule has 1 amide bonds. The van der Waals surface area contributed by atoms with Crippen molar-refractivity contribution in [3.05, 3.63) is 27.2 Å². The van der Waals surface area contributed by atoms with Crippen molar-refractivity contribution in [3.8, 4) is 0 Å². The lowest BCUT2D eigenvalue weighted by atomic mass is 10.2. The second-order valence-corrected chi connectivity index (χ2v) is 9.44. The first kappa shape index (κ1) is 18.9. The molecular formula is C11H12BrCl2NO4S2. The normalized spacial score (nSPS) is 13.0. The Bertz CT molecular complexity index is 679. The predicted octanol–water partition coefficient (Wildman–Crippen LogP) is 2.53. The van der Waals surface area contributed by atoms with Gasteiger partial charge in [-0.1, -0.05) is 11.6 Å². The third-order valence-electron chi connectivity index (χ3n) is 2.42. The predicted molar refractivity (Wildman–Crippen MR) is 88.1 cm³/mol. The fraction of sp³-hybridized carbons (Fsp3) is 0.364. The van der Waals surface area contributed by atoms with Gasteiger partial charge in [0.05, 0.1) is 15.5 Å². The van der Waals surface area contributed by atoms with E-state index in [0.717, 1.165) is 6.07 Å². The lowest BCUT2D eigenvalue weighted by Gasteiger charge is -2.09. The highest BCUT2D eigenvalue weighted by atomic mass is 79.9. The Morgan fingerprint density at radius 2 is 2.05 bits per heavy atom. The first-order valence-corrected chi connectivity index (χ1v) is 10.9. The largest absolute Gasteiger partial charge is 0.352 e. The summed E-state index contributed by atoms with van der Waals surface area (Å²) in [5, 5.41) is 2.68. The number of hydrogen-bond acceptors (Lipinski definition) is 4. The second kappa shape index (κ2) is 7.92. The van der Waals surface area contributed by atoms with E-state index in [2.05, 4.69) is 21.2 Å². The Morgan fingerprint density at radius 1 is 1.43 bits per heavy atom. The molecule has 0 saturated heterocycles. The molecule has 0 spiro atoms. The van der Waals surface area contributed by atoms with Crippen LogP contribution in [0.25, 0.3) is 0 Å². The molecule has 1 aromatic rings.